The molecule has 5 nitrogen and oxygen atoms in total. The SMILES string of the molecule is C[C@H](Sc1ncn(-c2ccccc2)n1)C(=O)Nc1ccc(Cl)cc1. The lowest BCUT2D eigenvalue weighted by atomic mass is 10.3. The van der Waals surface area contributed by atoms with Gasteiger partial charge in [0.05, 0.1) is 10.9 Å². The number of nitrogens with zero attached hydrogens (tertiary/aromatic N) is 3. The van der Waals surface area contributed by atoms with E-state index < -0.39 is 0 Å². The minimum absolute atomic E-state index is 0.113. The maximum Gasteiger partial charge on any atom is 0.237 e. The van der Waals surface area contributed by atoms with Crippen LogP contribution in [0.25, 0.3) is 5.69 Å². The highest BCUT2D eigenvalue weighted by Crippen LogP contribution is 2.22. The first kappa shape index (κ1) is 16.5. The zero-order valence-corrected chi connectivity index (χ0v) is 14.5. The summed E-state index contributed by atoms with van der Waals surface area (Å²) in [6.07, 6.45) is 1.64. The Morgan fingerprint density at radius 2 is 1.88 bits per heavy atom. The Bertz CT molecular complexity index is 820. The molecule has 1 atom stereocenters. The van der Waals surface area contributed by atoms with Crippen LogP contribution in [0.5, 0.6) is 0 Å². The zero-order chi connectivity index (χ0) is 16.9. The predicted molar refractivity (Wildman–Crippen MR) is 96.8 cm³/mol. The average Bonchev–Trinajstić information content (AvgIpc) is 3.06. The van der Waals surface area contributed by atoms with Crippen LogP contribution in [0.4, 0.5) is 5.69 Å². The van der Waals surface area contributed by atoms with Crippen LogP contribution in [0.1, 0.15) is 6.92 Å². The molecule has 0 spiro atoms. The summed E-state index contributed by atoms with van der Waals surface area (Å²) in [5, 5.41) is 8.10. The van der Waals surface area contributed by atoms with Gasteiger partial charge in [-0.1, -0.05) is 41.6 Å². The summed E-state index contributed by atoms with van der Waals surface area (Å²) in [6, 6.07) is 16.7. The first-order chi connectivity index (χ1) is 11.6. The van der Waals surface area contributed by atoms with E-state index in [1.54, 1.807) is 35.3 Å². The van der Waals surface area contributed by atoms with Crippen LogP contribution in [0.3, 0.4) is 0 Å². The molecule has 1 heterocycles. The van der Waals surface area contributed by atoms with Crippen molar-refractivity contribution in [2.45, 2.75) is 17.3 Å². The smallest absolute Gasteiger partial charge is 0.237 e. The van der Waals surface area contributed by atoms with Crippen molar-refractivity contribution in [3.8, 4) is 5.69 Å². The van der Waals surface area contributed by atoms with Crippen LogP contribution >= 0.6 is 23.4 Å². The lowest BCUT2D eigenvalue weighted by Gasteiger charge is -2.10. The minimum Gasteiger partial charge on any atom is -0.325 e. The van der Waals surface area contributed by atoms with E-state index in [2.05, 4.69) is 15.4 Å². The zero-order valence-electron chi connectivity index (χ0n) is 12.9. The van der Waals surface area contributed by atoms with Crippen LogP contribution < -0.4 is 5.32 Å². The molecule has 0 aliphatic rings. The molecule has 0 saturated heterocycles. The van der Waals surface area contributed by atoms with Crippen molar-refractivity contribution in [2.24, 2.45) is 0 Å². The number of hydrogen-bond donors (Lipinski definition) is 1. The molecule has 0 bridgehead atoms. The second kappa shape index (κ2) is 7.51. The fraction of sp³-hybridized carbons (Fsp3) is 0.118. The number of carbonyl (C=O) groups is 1. The number of hydrogen-bond acceptors (Lipinski definition) is 4. The lowest BCUT2D eigenvalue weighted by molar-refractivity contribution is -0.115. The summed E-state index contributed by atoms with van der Waals surface area (Å²) in [4.78, 5) is 16.5. The van der Waals surface area contributed by atoms with Crippen LogP contribution in [0, 0.1) is 0 Å². The number of nitrogens with one attached hydrogen (secondary N) is 1. The van der Waals surface area contributed by atoms with Gasteiger partial charge in [0.15, 0.2) is 0 Å². The van der Waals surface area contributed by atoms with E-state index >= 15 is 0 Å². The number of amides is 1. The Kier molecular flexibility index (Phi) is 5.17. The van der Waals surface area contributed by atoms with Crippen molar-refractivity contribution in [3.05, 3.63) is 65.9 Å². The van der Waals surface area contributed by atoms with E-state index in [0.717, 1.165) is 5.69 Å². The van der Waals surface area contributed by atoms with E-state index in [-0.39, 0.29) is 11.2 Å². The standard InChI is InChI=1S/C17H15ClN4OS/c1-12(16(23)20-14-9-7-13(18)8-10-14)24-17-19-11-22(21-17)15-5-3-2-4-6-15/h2-12H,1H3,(H,20,23)/t12-/m0/s1. The largest absolute Gasteiger partial charge is 0.325 e. The van der Waals surface area contributed by atoms with Gasteiger partial charge in [0.2, 0.25) is 11.1 Å². The number of para-hydroxylation sites is 1. The Hall–Kier alpha value is -2.31. The summed E-state index contributed by atoms with van der Waals surface area (Å²) in [6.45, 7) is 1.82. The molecule has 3 rings (SSSR count). The van der Waals surface area contributed by atoms with Gasteiger partial charge >= 0.3 is 0 Å². The van der Waals surface area contributed by atoms with Crippen molar-refractivity contribution >= 4 is 35.0 Å². The molecule has 3 aromatic rings. The molecule has 24 heavy (non-hydrogen) atoms. The Labute approximate surface area is 149 Å². The normalized spacial score (nSPS) is 11.9. The molecule has 0 aliphatic heterocycles. The number of thioether (sulfide) groups is 1. The molecular formula is C17H15ClN4OS. The Morgan fingerprint density at radius 3 is 2.58 bits per heavy atom. The average molecular weight is 359 g/mol. The second-order valence-electron chi connectivity index (χ2n) is 5.06. The summed E-state index contributed by atoms with van der Waals surface area (Å²) >= 11 is 7.14. The minimum atomic E-state index is -0.327. The molecule has 1 aromatic heterocycles. The van der Waals surface area contributed by atoms with Crippen LogP contribution in [-0.2, 0) is 4.79 Å². The first-order valence-corrected chi connectivity index (χ1v) is 8.58. The third-order valence-electron chi connectivity index (χ3n) is 3.25. The lowest BCUT2D eigenvalue weighted by Crippen LogP contribution is -2.22. The topological polar surface area (TPSA) is 59.8 Å². The molecule has 1 N–H and O–H groups in total. The predicted octanol–water partition coefficient (Wildman–Crippen LogP) is 4.04. The highest BCUT2D eigenvalue weighted by Gasteiger charge is 2.17. The van der Waals surface area contributed by atoms with Crippen molar-refractivity contribution in [1.82, 2.24) is 14.8 Å². The van der Waals surface area contributed by atoms with Crippen molar-refractivity contribution in [3.63, 3.8) is 0 Å². The van der Waals surface area contributed by atoms with Gasteiger partial charge < -0.3 is 5.32 Å². The van der Waals surface area contributed by atoms with E-state index in [4.69, 9.17) is 11.6 Å². The Morgan fingerprint density at radius 1 is 1.17 bits per heavy atom. The summed E-state index contributed by atoms with van der Waals surface area (Å²) < 4.78 is 1.69. The maximum absolute atomic E-state index is 12.3. The first-order valence-electron chi connectivity index (χ1n) is 7.32. The summed E-state index contributed by atoms with van der Waals surface area (Å²) in [5.41, 5.74) is 1.63. The molecule has 122 valence electrons. The number of aromatic nitrogens is 3. The Balaban J connectivity index is 1.62. The van der Waals surface area contributed by atoms with Gasteiger partial charge in [-0.05, 0) is 43.3 Å². The third kappa shape index (κ3) is 4.15. The number of carbonyl (C=O) groups excluding carboxylic acids is 1. The van der Waals surface area contributed by atoms with Crippen molar-refractivity contribution < 1.29 is 4.79 Å². The molecule has 1 amide bonds. The monoisotopic (exact) mass is 358 g/mol. The molecule has 0 saturated carbocycles. The van der Waals surface area contributed by atoms with Crippen LogP contribution in [-0.4, -0.2) is 25.9 Å². The molecule has 2 aromatic carbocycles. The van der Waals surface area contributed by atoms with Gasteiger partial charge in [-0.15, -0.1) is 5.10 Å². The highest BCUT2D eigenvalue weighted by molar-refractivity contribution is 8.00. The van der Waals surface area contributed by atoms with E-state index in [0.29, 0.717) is 15.9 Å². The molecule has 0 unspecified atom stereocenters. The molecule has 7 heteroatoms. The highest BCUT2D eigenvalue weighted by atomic mass is 35.5. The van der Waals surface area contributed by atoms with Crippen molar-refractivity contribution in [2.75, 3.05) is 5.32 Å². The second-order valence-corrected chi connectivity index (χ2v) is 6.81. The fourth-order valence-electron chi connectivity index (χ4n) is 2.00. The van der Waals surface area contributed by atoms with Gasteiger partial charge in [-0.2, -0.15) is 0 Å². The van der Waals surface area contributed by atoms with Gasteiger partial charge in [0.25, 0.3) is 0 Å². The number of rotatable bonds is 5. The fourth-order valence-corrected chi connectivity index (χ4v) is 2.85. The number of anilines is 1. The van der Waals surface area contributed by atoms with E-state index in [1.807, 2.05) is 37.3 Å². The maximum atomic E-state index is 12.3. The van der Waals surface area contributed by atoms with Gasteiger partial charge in [-0.3, -0.25) is 4.79 Å². The van der Waals surface area contributed by atoms with E-state index in [9.17, 15) is 4.79 Å². The summed E-state index contributed by atoms with van der Waals surface area (Å²) in [5.74, 6) is -0.113. The van der Waals surface area contributed by atoms with Crippen LogP contribution in [0.2, 0.25) is 5.02 Å². The molecule has 0 aliphatic carbocycles. The van der Waals surface area contributed by atoms with Gasteiger partial charge in [-0.25, -0.2) is 9.67 Å². The van der Waals surface area contributed by atoms with E-state index in [1.165, 1.54) is 11.8 Å². The van der Waals surface area contributed by atoms with Gasteiger partial charge in [0, 0.05) is 10.7 Å². The summed E-state index contributed by atoms with van der Waals surface area (Å²) in [7, 11) is 0. The quantitative estimate of drug-likeness (QED) is 0.699. The van der Waals surface area contributed by atoms with Gasteiger partial charge in [0.1, 0.15) is 6.33 Å². The third-order valence-corrected chi connectivity index (χ3v) is 4.47. The van der Waals surface area contributed by atoms with Crippen LogP contribution in [0.15, 0.2) is 66.1 Å². The molecule has 0 fully saturated rings. The number of halogens is 1. The number of benzene rings is 2. The molecule has 0 radical (unpaired) electrons. The van der Waals surface area contributed by atoms with Crippen molar-refractivity contribution in [1.29, 1.82) is 0 Å². The molecular weight excluding hydrogens is 344 g/mol.